The number of likely N-dealkylation sites (N-methyl/N-ethyl adjacent to an activating group) is 1. The number of piperazine rings is 1. The second-order valence-electron chi connectivity index (χ2n) is 12.2. The van der Waals surface area contributed by atoms with Crippen LogP contribution in [0.3, 0.4) is 0 Å². The van der Waals surface area contributed by atoms with E-state index in [4.69, 9.17) is 10.1 Å². The first-order valence-corrected chi connectivity index (χ1v) is 14.6. The number of piperidine rings is 1. The lowest BCUT2D eigenvalue weighted by Crippen LogP contribution is -2.48. The quantitative estimate of drug-likeness (QED) is 0.358. The summed E-state index contributed by atoms with van der Waals surface area (Å²) < 4.78 is 1.75. The molecular formula is C30H39N11O. The zero-order valence-corrected chi connectivity index (χ0v) is 24.8. The summed E-state index contributed by atoms with van der Waals surface area (Å²) in [6, 6.07) is 8.40. The van der Waals surface area contributed by atoms with Gasteiger partial charge in [0.15, 0.2) is 11.5 Å². The highest BCUT2D eigenvalue weighted by Crippen LogP contribution is 2.25. The lowest BCUT2D eigenvalue weighted by atomic mass is 9.93. The van der Waals surface area contributed by atoms with Crippen molar-refractivity contribution in [3.63, 3.8) is 0 Å². The van der Waals surface area contributed by atoms with Crippen molar-refractivity contribution in [2.24, 2.45) is 0 Å². The summed E-state index contributed by atoms with van der Waals surface area (Å²) in [5.74, 6) is 1.01. The van der Waals surface area contributed by atoms with Crippen molar-refractivity contribution in [3.8, 4) is 0 Å². The summed E-state index contributed by atoms with van der Waals surface area (Å²) in [5.41, 5.74) is 3.86. The van der Waals surface area contributed by atoms with Crippen LogP contribution in [0.4, 0.5) is 23.1 Å². The Morgan fingerprint density at radius 2 is 1.74 bits per heavy atom. The number of anilines is 4. The van der Waals surface area contributed by atoms with Crippen molar-refractivity contribution in [1.29, 1.82) is 0 Å². The molecule has 0 bridgehead atoms. The molecule has 12 nitrogen and oxygen atoms in total. The van der Waals surface area contributed by atoms with Crippen molar-refractivity contribution in [2.45, 2.75) is 45.1 Å². The van der Waals surface area contributed by atoms with Gasteiger partial charge in [-0.1, -0.05) is 20.8 Å². The number of nitrogens with one attached hydrogen (secondary N) is 2. The Labute approximate surface area is 246 Å². The molecule has 6 rings (SSSR count). The fourth-order valence-electron chi connectivity index (χ4n) is 5.36. The minimum atomic E-state index is -0.219. The Bertz CT molecular complexity index is 1520. The Hall–Kier alpha value is -4.32. The van der Waals surface area contributed by atoms with Crippen molar-refractivity contribution in [1.82, 2.24) is 39.8 Å². The van der Waals surface area contributed by atoms with Gasteiger partial charge in [-0.2, -0.15) is 4.98 Å². The van der Waals surface area contributed by atoms with Crippen LogP contribution in [-0.4, -0.2) is 92.7 Å². The lowest BCUT2D eigenvalue weighted by molar-refractivity contribution is 0.0927. The molecule has 5 heterocycles. The van der Waals surface area contributed by atoms with Crippen molar-refractivity contribution in [2.75, 3.05) is 61.4 Å². The van der Waals surface area contributed by atoms with E-state index in [-0.39, 0.29) is 17.4 Å². The molecule has 0 spiro atoms. The van der Waals surface area contributed by atoms with Gasteiger partial charge in [-0.05, 0) is 44.2 Å². The number of carbonyl (C=O) groups is 1. The van der Waals surface area contributed by atoms with Crippen LogP contribution in [0.25, 0.3) is 5.65 Å². The van der Waals surface area contributed by atoms with E-state index < -0.39 is 0 Å². The fraction of sp³-hybridized carbons (Fsp3) is 0.467. The first-order valence-electron chi connectivity index (χ1n) is 14.6. The van der Waals surface area contributed by atoms with Crippen molar-refractivity contribution >= 4 is 34.7 Å². The molecule has 42 heavy (non-hydrogen) atoms. The minimum Gasteiger partial charge on any atom is -0.369 e. The third kappa shape index (κ3) is 6.13. The van der Waals surface area contributed by atoms with Gasteiger partial charge in [0.2, 0.25) is 5.95 Å². The standard InChI is InChI=1S/C30H39N11O/c1-30(2,3)25-19-32-24(18-33-25)28(42)35-22-6-5-12-40(20-22)29-36-26(27-31-11-13-41(27)37-29)34-21-7-9-23(10-8-21)39-16-14-38(4)15-17-39/h7-11,13,18-19,22H,5-6,12,14-17,20H2,1-4H3,(H,35,42)(H,34,36,37)/t22-/m1/s1. The van der Waals surface area contributed by atoms with Crippen molar-refractivity contribution in [3.05, 3.63) is 60.4 Å². The molecule has 1 atom stereocenters. The smallest absolute Gasteiger partial charge is 0.271 e. The number of fused-ring (bicyclic) bond motifs is 1. The molecule has 2 aliphatic rings. The van der Waals surface area contributed by atoms with Crippen molar-refractivity contribution < 1.29 is 4.79 Å². The Balaban J connectivity index is 1.14. The van der Waals surface area contributed by atoms with E-state index >= 15 is 0 Å². The van der Waals surface area contributed by atoms with Crippen LogP contribution in [0.1, 0.15) is 49.8 Å². The van der Waals surface area contributed by atoms with Gasteiger partial charge in [-0.3, -0.25) is 9.78 Å². The van der Waals surface area contributed by atoms with Crippen LogP contribution in [0, 0.1) is 0 Å². The third-order valence-electron chi connectivity index (χ3n) is 7.93. The fourth-order valence-corrected chi connectivity index (χ4v) is 5.36. The molecule has 0 aliphatic carbocycles. The molecule has 12 heteroatoms. The number of benzene rings is 1. The molecule has 2 aliphatic heterocycles. The first kappa shape index (κ1) is 27.8. The summed E-state index contributed by atoms with van der Waals surface area (Å²) in [6.07, 6.45) is 8.56. The SMILES string of the molecule is CN1CCN(c2ccc(Nc3nc(N4CCC[C@@H](NC(=O)c5cnc(C(C)(C)C)cn5)C4)nn4ccnc34)cc2)CC1. The molecule has 1 aromatic carbocycles. The van der Waals surface area contributed by atoms with Crippen LogP contribution in [-0.2, 0) is 5.41 Å². The van der Waals surface area contributed by atoms with Gasteiger partial charge in [0.05, 0.1) is 11.9 Å². The van der Waals surface area contributed by atoms with Crippen LogP contribution in [0.2, 0.25) is 0 Å². The molecule has 0 unspecified atom stereocenters. The van der Waals surface area contributed by atoms with E-state index in [0.29, 0.717) is 29.7 Å². The van der Waals surface area contributed by atoms with Gasteiger partial charge in [-0.15, -0.1) is 5.10 Å². The third-order valence-corrected chi connectivity index (χ3v) is 7.93. The van der Waals surface area contributed by atoms with E-state index in [1.54, 1.807) is 23.1 Å². The largest absolute Gasteiger partial charge is 0.369 e. The lowest BCUT2D eigenvalue weighted by Gasteiger charge is -2.34. The van der Waals surface area contributed by atoms with Crippen LogP contribution in [0.15, 0.2) is 49.1 Å². The van der Waals surface area contributed by atoms with Gasteiger partial charge in [0.1, 0.15) is 5.69 Å². The van der Waals surface area contributed by atoms with Crippen LogP contribution in [0.5, 0.6) is 0 Å². The van der Waals surface area contributed by atoms with E-state index in [1.807, 2.05) is 6.20 Å². The molecule has 2 N–H and O–H groups in total. The summed E-state index contributed by atoms with van der Waals surface area (Å²) >= 11 is 0. The molecule has 2 fully saturated rings. The molecule has 1 amide bonds. The number of hydrogen-bond donors (Lipinski definition) is 2. The maximum Gasteiger partial charge on any atom is 0.271 e. The van der Waals surface area contributed by atoms with Crippen LogP contribution < -0.4 is 20.4 Å². The summed E-state index contributed by atoms with van der Waals surface area (Å²) in [6.45, 7) is 11.8. The summed E-state index contributed by atoms with van der Waals surface area (Å²) in [5, 5.41) is 11.3. The van der Waals surface area contributed by atoms with Crippen LogP contribution >= 0.6 is 0 Å². The number of aromatic nitrogens is 6. The normalized spacial score (nSPS) is 18.3. The molecular weight excluding hydrogens is 530 g/mol. The van der Waals surface area contributed by atoms with Gasteiger partial charge >= 0.3 is 0 Å². The van der Waals surface area contributed by atoms with E-state index in [2.05, 4.69) is 92.4 Å². The first-order chi connectivity index (χ1) is 20.2. The average molecular weight is 570 g/mol. The number of amides is 1. The number of nitrogens with zero attached hydrogens (tertiary/aromatic N) is 9. The van der Waals surface area contributed by atoms with Gasteiger partial charge < -0.3 is 25.3 Å². The average Bonchev–Trinajstić information content (AvgIpc) is 3.47. The molecule has 220 valence electrons. The van der Waals surface area contributed by atoms with Gasteiger partial charge in [0.25, 0.3) is 5.91 Å². The summed E-state index contributed by atoms with van der Waals surface area (Å²) in [7, 11) is 2.17. The topological polar surface area (TPSA) is 120 Å². The van der Waals surface area contributed by atoms with Gasteiger partial charge in [0, 0.05) is 80.7 Å². The highest BCUT2D eigenvalue weighted by molar-refractivity contribution is 5.92. The second kappa shape index (κ2) is 11.5. The summed E-state index contributed by atoms with van der Waals surface area (Å²) in [4.78, 5) is 38.0. The minimum absolute atomic E-state index is 0.0593. The number of carbonyl (C=O) groups excluding carboxylic acids is 1. The molecule has 2 saturated heterocycles. The monoisotopic (exact) mass is 569 g/mol. The van der Waals surface area contributed by atoms with E-state index in [9.17, 15) is 4.79 Å². The predicted octanol–water partition coefficient (Wildman–Crippen LogP) is 3.11. The Morgan fingerprint density at radius 1 is 0.952 bits per heavy atom. The zero-order valence-electron chi connectivity index (χ0n) is 24.8. The number of rotatable bonds is 6. The predicted molar refractivity (Wildman–Crippen MR) is 164 cm³/mol. The highest BCUT2D eigenvalue weighted by Gasteiger charge is 2.26. The highest BCUT2D eigenvalue weighted by atomic mass is 16.2. The van der Waals surface area contributed by atoms with Gasteiger partial charge in [-0.25, -0.2) is 14.5 Å². The second-order valence-corrected chi connectivity index (χ2v) is 12.2. The number of imidazole rings is 1. The maximum absolute atomic E-state index is 13.0. The zero-order chi connectivity index (χ0) is 29.3. The molecule has 0 saturated carbocycles. The molecule has 4 aromatic rings. The Kier molecular flexibility index (Phi) is 7.63. The Morgan fingerprint density at radius 3 is 2.45 bits per heavy atom. The number of hydrogen-bond acceptors (Lipinski definition) is 10. The maximum atomic E-state index is 13.0. The van der Waals surface area contributed by atoms with E-state index in [1.165, 1.54) is 5.69 Å². The molecule has 3 aromatic heterocycles. The molecule has 0 radical (unpaired) electrons. The van der Waals surface area contributed by atoms with E-state index in [0.717, 1.165) is 56.9 Å².